The Kier molecular flexibility index (Phi) is 4.17. The number of nitrogens with zero attached hydrogens (tertiary/aromatic N) is 3. The van der Waals surface area contributed by atoms with Crippen LogP contribution in [0.1, 0.15) is 24.2 Å². The molecule has 1 aromatic heterocycles. The monoisotopic (exact) mass is 304 g/mol. The van der Waals surface area contributed by atoms with Gasteiger partial charge in [-0.05, 0) is 24.5 Å². The van der Waals surface area contributed by atoms with Gasteiger partial charge in [0.15, 0.2) is 0 Å². The molecule has 0 unspecified atom stereocenters. The summed E-state index contributed by atoms with van der Waals surface area (Å²) in [7, 11) is 4.08. The summed E-state index contributed by atoms with van der Waals surface area (Å²) in [5, 5.41) is 4.35. The fourth-order valence-corrected chi connectivity index (χ4v) is 2.85. The molecule has 3 rings (SSSR count). The first-order valence-corrected chi connectivity index (χ1v) is 7.71. The van der Waals surface area contributed by atoms with Gasteiger partial charge >= 0.3 is 0 Å². The number of halogens is 1. The number of para-hydroxylation sites is 1. The van der Waals surface area contributed by atoms with Crippen LogP contribution in [0.3, 0.4) is 0 Å². The third-order valence-electron chi connectivity index (χ3n) is 3.91. The van der Waals surface area contributed by atoms with Crippen molar-refractivity contribution in [2.45, 2.75) is 32.0 Å². The third-order valence-corrected chi connectivity index (χ3v) is 4.22. The van der Waals surface area contributed by atoms with Gasteiger partial charge in [-0.1, -0.05) is 23.7 Å². The number of anilines is 1. The van der Waals surface area contributed by atoms with E-state index in [1.54, 1.807) is 0 Å². The van der Waals surface area contributed by atoms with E-state index >= 15 is 0 Å². The maximum atomic E-state index is 6.44. The fourth-order valence-electron chi connectivity index (χ4n) is 2.51. The summed E-state index contributed by atoms with van der Waals surface area (Å²) in [6.07, 6.45) is 6.37. The molecule has 112 valence electrons. The molecule has 0 aliphatic heterocycles. The summed E-state index contributed by atoms with van der Waals surface area (Å²) in [6, 6.07) is 6.80. The zero-order chi connectivity index (χ0) is 14.8. The molecule has 0 bridgehead atoms. The smallest absolute Gasteiger partial charge is 0.127 e. The van der Waals surface area contributed by atoms with Crippen LogP contribution >= 0.6 is 11.6 Å². The highest BCUT2D eigenvalue weighted by atomic mass is 35.5. The molecule has 0 spiro atoms. The maximum Gasteiger partial charge on any atom is 0.127 e. The number of nitrogens with one attached hydrogen (secondary N) is 1. The van der Waals surface area contributed by atoms with Gasteiger partial charge in [0.25, 0.3) is 0 Å². The van der Waals surface area contributed by atoms with Crippen molar-refractivity contribution in [2.24, 2.45) is 7.05 Å². The first kappa shape index (κ1) is 14.4. The molecule has 1 aliphatic carbocycles. The first-order chi connectivity index (χ1) is 10.1. The summed E-state index contributed by atoms with van der Waals surface area (Å²) in [4.78, 5) is 6.56. The molecular formula is C16H21ClN4. The van der Waals surface area contributed by atoms with Crippen LogP contribution in [0.4, 0.5) is 5.69 Å². The highest BCUT2D eigenvalue weighted by molar-refractivity contribution is 6.33. The van der Waals surface area contributed by atoms with Crippen molar-refractivity contribution in [1.29, 1.82) is 0 Å². The zero-order valence-corrected chi connectivity index (χ0v) is 13.3. The van der Waals surface area contributed by atoms with E-state index in [1.165, 1.54) is 18.4 Å². The average Bonchev–Trinajstić information content (AvgIpc) is 3.20. The molecule has 1 N–H and O–H groups in total. The van der Waals surface area contributed by atoms with E-state index < -0.39 is 0 Å². The number of rotatable bonds is 6. The third kappa shape index (κ3) is 3.39. The van der Waals surface area contributed by atoms with Crippen molar-refractivity contribution in [3.05, 3.63) is 47.0 Å². The van der Waals surface area contributed by atoms with Crippen LogP contribution in [0.5, 0.6) is 0 Å². The predicted molar refractivity (Wildman–Crippen MR) is 86.6 cm³/mol. The molecule has 1 aromatic carbocycles. The van der Waals surface area contributed by atoms with Gasteiger partial charge in [-0.3, -0.25) is 0 Å². The molecule has 1 aliphatic rings. The summed E-state index contributed by atoms with van der Waals surface area (Å²) < 4.78 is 2.04. The van der Waals surface area contributed by atoms with Crippen LogP contribution in [-0.4, -0.2) is 22.6 Å². The Morgan fingerprint density at radius 3 is 2.90 bits per heavy atom. The lowest BCUT2D eigenvalue weighted by atomic mass is 10.1. The molecule has 0 amide bonds. The standard InChI is InChI=1S/C16H21ClN4/c1-20-9-8-18-15(20)11-21(2)16-12(4-3-5-14(16)17)10-19-13-6-7-13/h3-5,8-9,13,19H,6-7,10-11H2,1-2H3. The molecule has 1 saturated carbocycles. The topological polar surface area (TPSA) is 33.1 Å². The lowest BCUT2D eigenvalue weighted by Crippen LogP contribution is -2.23. The molecule has 0 radical (unpaired) electrons. The van der Waals surface area contributed by atoms with Crippen molar-refractivity contribution < 1.29 is 0 Å². The van der Waals surface area contributed by atoms with E-state index in [4.69, 9.17) is 11.6 Å². The van der Waals surface area contributed by atoms with Crippen LogP contribution in [0, 0.1) is 0 Å². The van der Waals surface area contributed by atoms with Gasteiger partial charge in [0.2, 0.25) is 0 Å². The lowest BCUT2D eigenvalue weighted by molar-refractivity contribution is 0.683. The second kappa shape index (κ2) is 6.08. The number of imidazole rings is 1. The molecule has 0 atom stereocenters. The van der Waals surface area contributed by atoms with E-state index in [2.05, 4.69) is 28.3 Å². The number of hydrogen-bond acceptors (Lipinski definition) is 3. The van der Waals surface area contributed by atoms with E-state index in [0.29, 0.717) is 6.04 Å². The van der Waals surface area contributed by atoms with Gasteiger partial charge in [0, 0.05) is 39.1 Å². The van der Waals surface area contributed by atoms with E-state index in [-0.39, 0.29) is 0 Å². The number of benzene rings is 1. The van der Waals surface area contributed by atoms with Crippen molar-refractivity contribution >= 4 is 17.3 Å². The number of aromatic nitrogens is 2. The van der Waals surface area contributed by atoms with E-state index in [9.17, 15) is 0 Å². The van der Waals surface area contributed by atoms with E-state index in [1.807, 2.05) is 36.1 Å². The second-order valence-electron chi connectivity index (χ2n) is 5.71. The van der Waals surface area contributed by atoms with Crippen molar-refractivity contribution in [1.82, 2.24) is 14.9 Å². The van der Waals surface area contributed by atoms with Crippen LogP contribution in [0.15, 0.2) is 30.6 Å². The van der Waals surface area contributed by atoms with Crippen LogP contribution in [0.2, 0.25) is 5.02 Å². The Morgan fingerprint density at radius 1 is 1.43 bits per heavy atom. The number of aryl methyl sites for hydroxylation is 1. The van der Waals surface area contributed by atoms with Crippen LogP contribution in [0.25, 0.3) is 0 Å². The molecule has 4 nitrogen and oxygen atoms in total. The predicted octanol–water partition coefficient (Wildman–Crippen LogP) is 2.96. The molecule has 5 heteroatoms. The van der Waals surface area contributed by atoms with Gasteiger partial charge in [-0.25, -0.2) is 4.98 Å². The molecule has 2 aromatic rings. The Labute approximate surface area is 130 Å². The Balaban J connectivity index is 1.79. The SMILES string of the molecule is CN(Cc1nccn1C)c1c(Cl)cccc1CNC1CC1. The van der Waals surface area contributed by atoms with Gasteiger partial charge in [-0.15, -0.1) is 0 Å². The minimum atomic E-state index is 0.691. The molecule has 21 heavy (non-hydrogen) atoms. The molecule has 0 saturated heterocycles. The zero-order valence-electron chi connectivity index (χ0n) is 12.5. The minimum Gasteiger partial charge on any atom is -0.366 e. The number of hydrogen-bond donors (Lipinski definition) is 1. The summed E-state index contributed by atoms with van der Waals surface area (Å²) >= 11 is 6.44. The highest BCUT2D eigenvalue weighted by Crippen LogP contribution is 2.31. The summed E-state index contributed by atoms with van der Waals surface area (Å²) in [5.74, 6) is 1.03. The van der Waals surface area contributed by atoms with Crippen LogP contribution < -0.4 is 10.2 Å². The summed E-state index contributed by atoms with van der Waals surface area (Å²) in [5.41, 5.74) is 2.33. The lowest BCUT2D eigenvalue weighted by Gasteiger charge is -2.23. The fraction of sp³-hybridized carbons (Fsp3) is 0.438. The largest absolute Gasteiger partial charge is 0.366 e. The summed E-state index contributed by atoms with van der Waals surface area (Å²) in [6.45, 7) is 1.61. The molecule has 1 heterocycles. The first-order valence-electron chi connectivity index (χ1n) is 7.33. The van der Waals surface area contributed by atoms with Gasteiger partial charge in [-0.2, -0.15) is 0 Å². The quantitative estimate of drug-likeness (QED) is 0.891. The van der Waals surface area contributed by atoms with Gasteiger partial charge in [0.1, 0.15) is 5.82 Å². The molecule has 1 fully saturated rings. The maximum absolute atomic E-state index is 6.44. The Hall–Kier alpha value is -1.52. The average molecular weight is 305 g/mol. The van der Waals surface area contributed by atoms with Crippen molar-refractivity contribution in [2.75, 3.05) is 11.9 Å². The normalized spacial score (nSPS) is 14.4. The van der Waals surface area contributed by atoms with Gasteiger partial charge < -0.3 is 14.8 Å². The van der Waals surface area contributed by atoms with Crippen molar-refractivity contribution in [3.8, 4) is 0 Å². The van der Waals surface area contributed by atoms with Crippen molar-refractivity contribution in [3.63, 3.8) is 0 Å². The Bertz CT molecular complexity index is 618. The van der Waals surface area contributed by atoms with E-state index in [0.717, 1.165) is 29.6 Å². The Morgan fingerprint density at radius 2 is 2.24 bits per heavy atom. The molecular weight excluding hydrogens is 284 g/mol. The second-order valence-corrected chi connectivity index (χ2v) is 6.12. The highest BCUT2D eigenvalue weighted by Gasteiger charge is 2.21. The minimum absolute atomic E-state index is 0.691. The van der Waals surface area contributed by atoms with Gasteiger partial charge in [0.05, 0.1) is 17.3 Å². The van der Waals surface area contributed by atoms with Crippen LogP contribution in [-0.2, 0) is 20.1 Å².